The molecule has 1 saturated carbocycles. The van der Waals surface area contributed by atoms with Crippen LogP contribution in [-0.4, -0.2) is 11.0 Å². The third-order valence-corrected chi connectivity index (χ3v) is 5.95. The SMILES string of the molecule is CCCC(CC)(NC1CC1)c1nc2c(s1)CCCC2. The number of hydrogen-bond acceptors (Lipinski definition) is 3. The second-order valence-electron chi connectivity index (χ2n) is 6.20. The Labute approximate surface area is 121 Å². The minimum Gasteiger partial charge on any atom is -0.303 e. The van der Waals surface area contributed by atoms with E-state index in [0.29, 0.717) is 0 Å². The van der Waals surface area contributed by atoms with Crippen molar-refractivity contribution in [3.8, 4) is 0 Å². The molecule has 2 aliphatic rings. The zero-order chi connectivity index (χ0) is 13.3. The minimum absolute atomic E-state index is 0.165. The Morgan fingerprint density at radius 1 is 1.26 bits per heavy atom. The number of thiazole rings is 1. The van der Waals surface area contributed by atoms with Gasteiger partial charge in [-0.05, 0) is 51.4 Å². The Balaban J connectivity index is 1.90. The van der Waals surface area contributed by atoms with Gasteiger partial charge in [-0.15, -0.1) is 11.3 Å². The average molecular weight is 278 g/mol. The summed E-state index contributed by atoms with van der Waals surface area (Å²) >= 11 is 2.00. The van der Waals surface area contributed by atoms with Crippen molar-refractivity contribution in [1.82, 2.24) is 10.3 Å². The van der Waals surface area contributed by atoms with Gasteiger partial charge in [0, 0.05) is 10.9 Å². The fourth-order valence-electron chi connectivity index (χ4n) is 3.27. The lowest BCUT2D eigenvalue weighted by molar-refractivity contribution is 0.288. The zero-order valence-electron chi connectivity index (χ0n) is 12.3. The minimum atomic E-state index is 0.165. The highest BCUT2D eigenvalue weighted by Gasteiger charge is 2.38. The molecule has 1 heterocycles. The van der Waals surface area contributed by atoms with E-state index in [1.165, 1.54) is 68.5 Å². The first-order valence-corrected chi connectivity index (χ1v) is 8.86. The van der Waals surface area contributed by atoms with Gasteiger partial charge in [0.1, 0.15) is 5.01 Å². The zero-order valence-corrected chi connectivity index (χ0v) is 13.1. The molecule has 0 radical (unpaired) electrons. The summed E-state index contributed by atoms with van der Waals surface area (Å²) in [6.45, 7) is 4.62. The van der Waals surface area contributed by atoms with E-state index in [-0.39, 0.29) is 5.54 Å². The molecule has 1 atom stereocenters. The van der Waals surface area contributed by atoms with Gasteiger partial charge in [0.05, 0.1) is 11.2 Å². The summed E-state index contributed by atoms with van der Waals surface area (Å²) in [5.74, 6) is 0. The number of aromatic nitrogens is 1. The van der Waals surface area contributed by atoms with Crippen LogP contribution in [0.2, 0.25) is 0 Å². The highest BCUT2D eigenvalue weighted by molar-refractivity contribution is 7.11. The summed E-state index contributed by atoms with van der Waals surface area (Å²) in [5, 5.41) is 5.31. The van der Waals surface area contributed by atoms with Crippen LogP contribution in [0.15, 0.2) is 0 Å². The summed E-state index contributed by atoms with van der Waals surface area (Å²) in [6.07, 6.45) is 11.5. The predicted octanol–water partition coefficient (Wildman–Crippen LogP) is 4.18. The van der Waals surface area contributed by atoms with E-state index in [1.807, 2.05) is 11.3 Å². The number of aryl methyl sites for hydroxylation is 2. The summed E-state index contributed by atoms with van der Waals surface area (Å²) in [7, 11) is 0. The fourth-order valence-corrected chi connectivity index (χ4v) is 4.67. The van der Waals surface area contributed by atoms with Crippen LogP contribution in [0.4, 0.5) is 0 Å². The third-order valence-electron chi connectivity index (χ3n) is 4.59. The number of fused-ring (bicyclic) bond motifs is 1. The highest BCUT2D eigenvalue weighted by Crippen LogP contribution is 2.39. The molecule has 0 saturated heterocycles. The molecule has 1 N–H and O–H groups in total. The van der Waals surface area contributed by atoms with Gasteiger partial charge in [-0.25, -0.2) is 4.98 Å². The van der Waals surface area contributed by atoms with Crippen LogP contribution < -0.4 is 5.32 Å². The quantitative estimate of drug-likeness (QED) is 0.844. The van der Waals surface area contributed by atoms with Gasteiger partial charge in [0.15, 0.2) is 0 Å². The van der Waals surface area contributed by atoms with Crippen molar-refractivity contribution >= 4 is 11.3 Å². The van der Waals surface area contributed by atoms with E-state index in [0.717, 1.165) is 6.04 Å². The molecule has 0 spiro atoms. The van der Waals surface area contributed by atoms with E-state index in [9.17, 15) is 0 Å². The molecule has 0 aromatic carbocycles. The van der Waals surface area contributed by atoms with Crippen molar-refractivity contribution in [2.75, 3.05) is 0 Å². The van der Waals surface area contributed by atoms with Crippen molar-refractivity contribution in [3.05, 3.63) is 15.6 Å². The topological polar surface area (TPSA) is 24.9 Å². The Morgan fingerprint density at radius 3 is 2.68 bits per heavy atom. The third kappa shape index (κ3) is 2.73. The van der Waals surface area contributed by atoms with Crippen molar-refractivity contribution < 1.29 is 0 Å². The maximum Gasteiger partial charge on any atom is 0.113 e. The van der Waals surface area contributed by atoms with Crippen LogP contribution in [0.1, 0.15) is 74.4 Å². The van der Waals surface area contributed by atoms with E-state index in [4.69, 9.17) is 4.98 Å². The second-order valence-corrected chi connectivity index (χ2v) is 7.28. The normalized spacial score (nSPS) is 22.0. The Hall–Kier alpha value is -0.410. The summed E-state index contributed by atoms with van der Waals surface area (Å²) < 4.78 is 0. The van der Waals surface area contributed by atoms with Gasteiger partial charge in [-0.2, -0.15) is 0 Å². The lowest BCUT2D eigenvalue weighted by Crippen LogP contribution is -2.43. The molecular formula is C16H26N2S. The monoisotopic (exact) mass is 278 g/mol. The summed E-state index contributed by atoms with van der Waals surface area (Å²) in [6, 6.07) is 0.757. The second kappa shape index (κ2) is 5.53. The van der Waals surface area contributed by atoms with Crippen LogP contribution in [0.3, 0.4) is 0 Å². The van der Waals surface area contributed by atoms with E-state index < -0.39 is 0 Å². The molecule has 3 rings (SSSR count). The molecule has 3 heteroatoms. The molecular weight excluding hydrogens is 252 g/mol. The van der Waals surface area contributed by atoms with Gasteiger partial charge in [0.2, 0.25) is 0 Å². The van der Waals surface area contributed by atoms with Gasteiger partial charge in [-0.1, -0.05) is 20.3 Å². The van der Waals surface area contributed by atoms with Gasteiger partial charge in [-0.3, -0.25) is 0 Å². The van der Waals surface area contributed by atoms with Crippen molar-refractivity contribution in [2.24, 2.45) is 0 Å². The standard InChI is InChI=1S/C16H26N2S/c1-3-11-16(4-2,18-12-9-10-12)15-17-13-7-5-6-8-14(13)19-15/h12,18H,3-11H2,1-2H3. The molecule has 0 amide bonds. The highest BCUT2D eigenvalue weighted by atomic mass is 32.1. The van der Waals surface area contributed by atoms with Crippen molar-refractivity contribution in [3.63, 3.8) is 0 Å². The molecule has 0 aliphatic heterocycles. The molecule has 1 unspecified atom stereocenters. The molecule has 1 aromatic rings. The number of nitrogens with zero attached hydrogens (tertiary/aromatic N) is 1. The first-order valence-electron chi connectivity index (χ1n) is 8.04. The lowest BCUT2D eigenvalue weighted by atomic mass is 9.91. The Kier molecular flexibility index (Phi) is 3.95. The van der Waals surface area contributed by atoms with Crippen LogP contribution in [0.5, 0.6) is 0 Å². The van der Waals surface area contributed by atoms with Crippen LogP contribution >= 0.6 is 11.3 Å². The van der Waals surface area contributed by atoms with Crippen LogP contribution in [0.25, 0.3) is 0 Å². The smallest absolute Gasteiger partial charge is 0.113 e. The maximum absolute atomic E-state index is 5.05. The first kappa shape index (κ1) is 13.6. The molecule has 1 aromatic heterocycles. The molecule has 1 fully saturated rings. The maximum atomic E-state index is 5.05. The molecule has 106 valence electrons. The lowest BCUT2D eigenvalue weighted by Gasteiger charge is -2.32. The van der Waals surface area contributed by atoms with Crippen LogP contribution in [0, 0.1) is 0 Å². The van der Waals surface area contributed by atoms with Crippen LogP contribution in [-0.2, 0) is 18.4 Å². The van der Waals surface area contributed by atoms with E-state index in [2.05, 4.69) is 19.2 Å². The Morgan fingerprint density at radius 2 is 2.05 bits per heavy atom. The largest absolute Gasteiger partial charge is 0.303 e. The first-order chi connectivity index (χ1) is 9.27. The molecule has 19 heavy (non-hydrogen) atoms. The van der Waals surface area contributed by atoms with Gasteiger partial charge in [0.25, 0.3) is 0 Å². The van der Waals surface area contributed by atoms with Gasteiger partial charge >= 0.3 is 0 Å². The number of nitrogens with one attached hydrogen (secondary N) is 1. The summed E-state index contributed by atoms with van der Waals surface area (Å²) in [4.78, 5) is 6.63. The van der Waals surface area contributed by atoms with Gasteiger partial charge < -0.3 is 5.32 Å². The molecule has 2 nitrogen and oxygen atoms in total. The van der Waals surface area contributed by atoms with Crippen molar-refractivity contribution in [1.29, 1.82) is 0 Å². The predicted molar refractivity (Wildman–Crippen MR) is 81.8 cm³/mol. The number of rotatable bonds is 6. The van der Waals surface area contributed by atoms with E-state index >= 15 is 0 Å². The summed E-state index contributed by atoms with van der Waals surface area (Å²) in [5.41, 5.74) is 1.58. The number of hydrogen-bond donors (Lipinski definition) is 1. The Bertz CT molecular complexity index is 412. The molecule has 0 bridgehead atoms. The average Bonchev–Trinajstić information content (AvgIpc) is 3.13. The fraction of sp³-hybridized carbons (Fsp3) is 0.812. The molecule has 2 aliphatic carbocycles. The van der Waals surface area contributed by atoms with E-state index in [1.54, 1.807) is 4.88 Å². The van der Waals surface area contributed by atoms with Crippen molar-refractivity contribution in [2.45, 2.75) is 83.2 Å².